The zero-order valence-corrected chi connectivity index (χ0v) is 28.4. The number of carbonyl (C=O) groups excluding carboxylic acids is 2. The van der Waals surface area contributed by atoms with Crippen LogP contribution in [0.1, 0.15) is 30.5 Å². The Balaban J connectivity index is 1.19. The van der Waals surface area contributed by atoms with E-state index in [1.54, 1.807) is 12.1 Å². The van der Waals surface area contributed by atoms with Gasteiger partial charge in [0.2, 0.25) is 0 Å². The number of hydrogen-bond acceptors (Lipinski definition) is 8. The van der Waals surface area contributed by atoms with Gasteiger partial charge in [0, 0.05) is 36.1 Å². The quantitative estimate of drug-likeness (QED) is 0.124. The van der Waals surface area contributed by atoms with E-state index in [9.17, 15) is 9.59 Å². The second kappa shape index (κ2) is 13.8. The summed E-state index contributed by atoms with van der Waals surface area (Å²) in [5.74, 6) is 0.128. The molecular weight excluding hydrogens is 649 g/mol. The maximum absolute atomic E-state index is 11.7. The highest BCUT2D eigenvalue weighted by Crippen LogP contribution is 2.35. The fourth-order valence-electron chi connectivity index (χ4n) is 6.50. The summed E-state index contributed by atoms with van der Waals surface area (Å²) in [4.78, 5) is 44.1. The first-order valence-corrected chi connectivity index (χ1v) is 16.9. The lowest BCUT2D eigenvalue weighted by molar-refractivity contribution is -0.132. The third-order valence-electron chi connectivity index (χ3n) is 8.78. The highest BCUT2D eigenvalue weighted by Gasteiger charge is 2.29. The number of hydrogen-bond donors (Lipinski definition) is 0. The van der Waals surface area contributed by atoms with Crippen molar-refractivity contribution in [3.63, 3.8) is 0 Å². The van der Waals surface area contributed by atoms with E-state index in [-0.39, 0.29) is 24.0 Å². The van der Waals surface area contributed by atoms with Gasteiger partial charge in [0.05, 0.1) is 45.9 Å². The van der Waals surface area contributed by atoms with Crippen LogP contribution in [0.25, 0.3) is 39.1 Å². The summed E-state index contributed by atoms with van der Waals surface area (Å²) in [5, 5.41) is 0. The largest absolute Gasteiger partial charge is 0.427 e. The van der Waals surface area contributed by atoms with E-state index in [0.717, 1.165) is 61.5 Å². The van der Waals surface area contributed by atoms with Gasteiger partial charge in [-0.2, -0.15) is 0 Å². The van der Waals surface area contributed by atoms with Crippen LogP contribution in [-0.4, -0.2) is 45.4 Å². The SMILES string of the molecule is CC(=O)Oc1cccc(C2=NC3C=C(c4ccc5nc(-c6cccc(OC(C)=O)c6)c(-c6ccccc6)nc5c4)C=CC3N=C2c2ccccc2)c1. The van der Waals surface area contributed by atoms with Gasteiger partial charge in [0.15, 0.2) is 0 Å². The normalized spacial score (nSPS) is 16.3. The van der Waals surface area contributed by atoms with Crippen molar-refractivity contribution in [2.75, 3.05) is 0 Å². The third-order valence-corrected chi connectivity index (χ3v) is 8.78. The molecule has 1 aliphatic heterocycles. The van der Waals surface area contributed by atoms with Gasteiger partial charge in [-0.05, 0) is 53.6 Å². The van der Waals surface area contributed by atoms with Gasteiger partial charge in [-0.15, -0.1) is 0 Å². The van der Waals surface area contributed by atoms with E-state index >= 15 is 0 Å². The number of benzene rings is 5. The van der Waals surface area contributed by atoms with Crippen molar-refractivity contribution in [2.24, 2.45) is 9.98 Å². The number of carbonyl (C=O) groups is 2. The van der Waals surface area contributed by atoms with Crippen molar-refractivity contribution < 1.29 is 19.1 Å². The summed E-state index contributed by atoms with van der Waals surface area (Å²) in [6, 6.07) is 40.3. The van der Waals surface area contributed by atoms with Crippen LogP contribution < -0.4 is 9.47 Å². The molecule has 0 amide bonds. The lowest BCUT2D eigenvalue weighted by Crippen LogP contribution is -2.33. The first-order valence-electron chi connectivity index (χ1n) is 16.9. The molecule has 6 aromatic rings. The maximum Gasteiger partial charge on any atom is 0.308 e. The molecule has 2 aliphatic rings. The van der Waals surface area contributed by atoms with Crippen LogP contribution in [0.15, 0.2) is 156 Å². The van der Waals surface area contributed by atoms with E-state index in [2.05, 4.69) is 24.3 Å². The predicted octanol–water partition coefficient (Wildman–Crippen LogP) is 8.50. The molecule has 0 saturated carbocycles. The minimum absolute atomic E-state index is 0.186. The van der Waals surface area contributed by atoms with Gasteiger partial charge in [0.1, 0.15) is 11.5 Å². The first kappa shape index (κ1) is 32.4. The fraction of sp³-hybridized carbons (Fsp3) is 0.0909. The Morgan fingerprint density at radius 2 is 1.08 bits per heavy atom. The van der Waals surface area contributed by atoms with Crippen LogP contribution in [0.3, 0.4) is 0 Å². The molecule has 2 heterocycles. The molecule has 1 aliphatic carbocycles. The number of aromatic nitrogens is 2. The van der Waals surface area contributed by atoms with Crippen LogP contribution in [-0.2, 0) is 9.59 Å². The topological polar surface area (TPSA) is 103 Å². The molecule has 0 saturated heterocycles. The van der Waals surface area contributed by atoms with E-state index < -0.39 is 0 Å². The van der Waals surface area contributed by atoms with Crippen LogP contribution in [0.5, 0.6) is 11.5 Å². The summed E-state index contributed by atoms with van der Waals surface area (Å²) < 4.78 is 10.8. The van der Waals surface area contributed by atoms with Crippen molar-refractivity contribution >= 4 is 40.0 Å². The highest BCUT2D eigenvalue weighted by atomic mass is 16.5. The van der Waals surface area contributed by atoms with E-state index in [1.807, 2.05) is 109 Å². The zero-order chi connectivity index (χ0) is 35.6. The minimum atomic E-state index is -0.387. The molecular formula is C44H32N4O4. The Morgan fingerprint density at radius 1 is 0.519 bits per heavy atom. The maximum atomic E-state index is 11.7. The number of fused-ring (bicyclic) bond motifs is 2. The Labute approximate surface area is 300 Å². The van der Waals surface area contributed by atoms with Crippen LogP contribution in [0, 0.1) is 0 Å². The highest BCUT2D eigenvalue weighted by molar-refractivity contribution is 6.54. The van der Waals surface area contributed by atoms with E-state index in [0.29, 0.717) is 17.2 Å². The van der Waals surface area contributed by atoms with Crippen molar-refractivity contribution in [1.29, 1.82) is 0 Å². The van der Waals surface area contributed by atoms with Gasteiger partial charge < -0.3 is 9.47 Å². The van der Waals surface area contributed by atoms with Crippen LogP contribution >= 0.6 is 0 Å². The molecule has 1 aromatic heterocycles. The first-order chi connectivity index (χ1) is 25.4. The van der Waals surface area contributed by atoms with Crippen molar-refractivity contribution in [3.05, 3.63) is 162 Å². The second-order valence-corrected chi connectivity index (χ2v) is 12.5. The summed E-state index contributed by atoms with van der Waals surface area (Å²) >= 11 is 0. The smallest absolute Gasteiger partial charge is 0.308 e. The Kier molecular flexibility index (Phi) is 8.63. The molecule has 252 valence electrons. The number of ether oxygens (including phenoxy) is 2. The third kappa shape index (κ3) is 6.69. The van der Waals surface area contributed by atoms with Crippen LogP contribution in [0.2, 0.25) is 0 Å². The van der Waals surface area contributed by atoms with Crippen molar-refractivity contribution in [3.8, 4) is 34.0 Å². The van der Waals surface area contributed by atoms with Crippen molar-refractivity contribution in [1.82, 2.24) is 9.97 Å². The molecule has 0 N–H and O–H groups in total. The average molecular weight is 681 g/mol. The second-order valence-electron chi connectivity index (χ2n) is 12.5. The number of rotatable bonds is 7. The number of nitrogens with zero attached hydrogens (tertiary/aromatic N) is 4. The Hall–Kier alpha value is -6.80. The summed E-state index contributed by atoms with van der Waals surface area (Å²) in [7, 11) is 0. The molecule has 2 unspecified atom stereocenters. The van der Waals surface area contributed by atoms with Gasteiger partial charge >= 0.3 is 11.9 Å². The van der Waals surface area contributed by atoms with E-state index in [1.165, 1.54) is 13.8 Å². The molecule has 52 heavy (non-hydrogen) atoms. The van der Waals surface area contributed by atoms with E-state index in [4.69, 9.17) is 29.4 Å². The lowest BCUT2D eigenvalue weighted by atomic mass is 9.90. The summed E-state index contributed by atoms with van der Waals surface area (Å²) in [6.07, 6.45) is 6.34. The number of esters is 2. The lowest BCUT2D eigenvalue weighted by Gasteiger charge is -2.28. The Morgan fingerprint density at radius 3 is 1.77 bits per heavy atom. The Bertz CT molecular complexity index is 2490. The molecule has 8 heteroatoms. The zero-order valence-electron chi connectivity index (χ0n) is 28.4. The van der Waals surface area contributed by atoms with Gasteiger partial charge in [-0.1, -0.05) is 103 Å². The van der Waals surface area contributed by atoms with Gasteiger partial charge in [-0.3, -0.25) is 19.6 Å². The number of aliphatic imine (C=N–C) groups is 2. The fourth-order valence-corrected chi connectivity index (χ4v) is 6.50. The molecule has 0 fully saturated rings. The van der Waals surface area contributed by atoms with Gasteiger partial charge in [0.25, 0.3) is 0 Å². The molecule has 0 radical (unpaired) electrons. The monoisotopic (exact) mass is 680 g/mol. The molecule has 0 bridgehead atoms. The summed E-state index contributed by atoms with van der Waals surface area (Å²) in [5.41, 5.74) is 9.86. The summed E-state index contributed by atoms with van der Waals surface area (Å²) in [6.45, 7) is 2.77. The van der Waals surface area contributed by atoms with Crippen LogP contribution in [0.4, 0.5) is 0 Å². The molecule has 0 spiro atoms. The minimum Gasteiger partial charge on any atom is -0.427 e. The molecule has 2 atom stereocenters. The van der Waals surface area contributed by atoms with Crippen molar-refractivity contribution in [2.45, 2.75) is 25.9 Å². The standard InChI is InChI=1S/C44H32N4O4/c1-27(49)51-35-17-9-15-33(23-35)43-42(30-13-7-4-8-14-30)47-39-25-31(20-22-38(39)46-43)32-19-21-37-40(26-32)48-44(41(45-37)29-11-5-3-6-12-29)34-16-10-18-36(24-34)52-28(2)50/h3-26,37,40H,1-2H3. The number of allylic oxidation sites excluding steroid dienone is 2. The molecule has 8 rings (SSSR count). The average Bonchev–Trinajstić information content (AvgIpc) is 3.17. The predicted molar refractivity (Wildman–Crippen MR) is 204 cm³/mol. The molecule has 5 aromatic carbocycles. The van der Waals surface area contributed by atoms with Gasteiger partial charge in [-0.25, -0.2) is 9.97 Å². The molecule has 8 nitrogen and oxygen atoms in total.